The van der Waals surface area contributed by atoms with Crippen LogP contribution in [-0.4, -0.2) is 26.7 Å². The van der Waals surface area contributed by atoms with Crippen LogP contribution >= 0.6 is 0 Å². The van der Waals surface area contributed by atoms with E-state index in [2.05, 4.69) is 16.1 Å². The summed E-state index contributed by atoms with van der Waals surface area (Å²) in [6.45, 7) is 4.78. The second-order valence-corrected chi connectivity index (χ2v) is 4.27. The maximum Gasteiger partial charge on any atom is 0.305 e. The molecule has 4 heteroatoms. The molecule has 1 N–H and O–H groups in total. The zero-order chi connectivity index (χ0) is 13.5. The van der Waals surface area contributed by atoms with Gasteiger partial charge in [-0.2, -0.15) is 0 Å². The Hall–Kier alpha value is -1.71. The summed E-state index contributed by atoms with van der Waals surface area (Å²) in [7, 11) is 3.07. The van der Waals surface area contributed by atoms with Gasteiger partial charge >= 0.3 is 5.97 Å². The minimum absolute atomic E-state index is 0.177. The number of carbonyl (C=O) groups excluding carboxylic acids is 1. The van der Waals surface area contributed by atoms with Crippen LogP contribution in [0.15, 0.2) is 12.1 Å². The largest absolute Gasteiger partial charge is 0.494 e. The van der Waals surface area contributed by atoms with Crippen LogP contribution in [0.3, 0.4) is 0 Å². The average molecular weight is 251 g/mol. The van der Waals surface area contributed by atoms with Gasteiger partial charge in [-0.3, -0.25) is 4.79 Å². The first kappa shape index (κ1) is 14.4. The molecule has 0 aliphatic rings. The van der Waals surface area contributed by atoms with Crippen molar-refractivity contribution in [3.63, 3.8) is 0 Å². The van der Waals surface area contributed by atoms with Crippen molar-refractivity contribution in [3.8, 4) is 5.75 Å². The molecule has 4 nitrogen and oxygen atoms in total. The van der Waals surface area contributed by atoms with Crippen LogP contribution in [0.1, 0.15) is 24.0 Å². The van der Waals surface area contributed by atoms with Crippen LogP contribution in [0.25, 0.3) is 0 Å². The van der Waals surface area contributed by atoms with Crippen LogP contribution in [0.5, 0.6) is 5.75 Å². The number of methoxy groups -OCH3 is 2. The Kier molecular flexibility index (Phi) is 5.49. The summed E-state index contributed by atoms with van der Waals surface area (Å²) < 4.78 is 9.97. The third-order valence-electron chi connectivity index (χ3n) is 2.72. The summed E-state index contributed by atoms with van der Waals surface area (Å²) in [6.07, 6.45) is 1.17. The van der Waals surface area contributed by atoms with Crippen molar-refractivity contribution in [1.82, 2.24) is 0 Å². The van der Waals surface area contributed by atoms with E-state index in [0.29, 0.717) is 13.0 Å². The topological polar surface area (TPSA) is 47.6 Å². The molecule has 0 heterocycles. The zero-order valence-electron chi connectivity index (χ0n) is 11.5. The van der Waals surface area contributed by atoms with E-state index in [1.54, 1.807) is 7.11 Å². The molecule has 0 bridgehead atoms. The van der Waals surface area contributed by atoms with Crippen molar-refractivity contribution in [1.29, 1.82) is 0 Å². The van der Waals surface area contributed by atoms with Gasteiger partial charge in [-0.1, -0.05) is 6.07 Å². The van der Waals surface area contributed by atoms with Gasteiger partial charge in [-0.05, 0) is 37.5 Å². The third kappa shape index (κ3) is 3.95. The number of carbonyl (C=O) groups is 1. The number of nitrogens with one attached hydrogen (secondary N) is 1. The van der Waals surface area contributed by atoms with E-state index >= 15 is 0 Å². The number of aryl methyl sites for hydroxylation is 2. The summed E-state index contributed by atoms with van der Waals surface area (Å²) in [6, 6.07) is 4.13. The Labute approximate surface area is 108 Å². The highest BCUT2D eigenvalue weighted by Crippen LogP contribution is 2.29. The van der Waals surface area contributed by atoms with Gasteiger partial charge in [0, 0.05) is 13.0 Å². The normalized spacial score (nSPS) is 10.0. The Morgan fingerprint density at radius 3 is 2.61 bits per heavy atom. The molecule has 0 saturated heterocycles. The van der Waals surface area contributed by atoms with Gasteiger partial charge in [0.1, 0.15) is 5.75 Å². The van der Waals surface area contributed by atoms with Crippen molar-refractivity contribution in [2.24, 2.45) is 0 Å². The van der Waals surface area contributed by atoms with Crippen LogP contribution in [0, 0.1) is 13.8 Å². The highest BCUT2D eigenvalue weighted by Gasteiger charge is 2.07. The lowest BCUT2D eigenvalue weighted by atomic mass is 10.1. The van der Waals surface area contributed by atoms with Crippen molar-refractivity contribution >= 4 is 11.7 Å². The van der Waals surface area contributed by atoms with E-state index in [0.717, 1.165) is 23.4 Å². The first-order valence-electron chi connectivity index (χ1n) is 6.04. The molecule has 0 spiro atoms. The molecular formula is C14H21NO3. The molecule has 0 unspecified atom stereocenters. The third-order valence-corrected chi connectivity index (χ3v) is 2.72. The maximum absolute atomic E-state index is 11.0. The lowest BCUT2D eigenvalue weighted by molar-refractivity contribution is -0.140. The fourth-order valence-corrected chi connectivity index (χ4v) is 1.91. The van der Waals surface area contributed by atoms with Crippen LogP contribution in [0.4, 0.5) is 5.69 Å². The van der Waals surface area contributed by atoms with E-state index in [1.807, 2.05) is 19.9 Å². The molecule has 1 aromatic rings. The lowest BCUT2D eigenvalue weighted by Gasteiger charge is -2.14. The Morgan fingerprint density at radius 1 is 1.28 bits per heavy atom. The smallest absolute Gasteiger partial charge is 0.305 e. The van der Waals surface area contributed by atoms with E-state index in [9.17, 15) is 4.79 Å². The van der Waals surface area contributed by atoms with Crippen molar-refractivity contribution in [3.05, 3.63) is 23.3 Å². The van der Waals surface area contributed by atoms with Crippen molar-refractivity contribution in [2.75, 3.05) is 26.1 Å². The molecule has 0 amide bonds. The van der Waals surface area contributed by atoms with Gasteiger partial charge in [0.25, 0.3) is 0 Å². The molecule has 0 fully saturated rings. The molecular weight excluding hydrogens is 230 g/mol. The highest BCUT2D eigenvalue weighted by atomic mass is 16.5. The number of benzene rings is 1. The maximum atomic E-state index is 11.0. The first-order valence-corrected chi connectivity index (χ1v) is 6.04. The predicted octanol–water partition coefficient (Wildman–Crippen LogP) is 2.68. The predicted molar refractivity (Wildman–Crippen MR) is 72.2 cm³/mol. The monoisotopic (exact) mass is 251 g/mol. The van der Waals surface area contributed by atoms with Crippen LogP contribution in [-0.2, 0) is 9.53 Å². The summed E-state index contributed by atoms with van der Waals surface area (Å²) >= 11 is 0. The molecule has 100 valence electrons. The highest BCUT2D eigenvalue weighted by molar-refractivity contribution is 5.69. The van der Waals surface area contributed by atoms with Gasteiger partial charge in [0.15, 0.2) is 0 Å². The molecule has 0 aliphatic heterocycles. The van der Waals surface area contributed by atoms with Crippen LogP contribution < -0.4 is 10.1 Å². The number of rotatable bonds is 6. The average Bonchev–Trinajstić information content (AvgIpc) is 2.33. The van der Waals surface area contributed by atoms with E-state index in [1.165, 1.54) is 12.7 Å². The summed E-state index contributed by atoms with van der Waals surface area (Å²) in [5.74, 6) is 0.683. The second kappa shape index (κ2) is 6.89. The quantitative estimate of drug-likeness (QED) is 0.623. The lowest BCUT2D eigenvalue weighted by Crippen LogP contribution is -2.08. The summed E-state index contributed by atoms with van der Waals surface area (Å²) in [5, 5.41) is 3.29. The van der Waals surface area contributed by atoms with Gasteiger partial charge < -0.3 is 14.8 Å². The number of hydrogen-bond donors (Lipinski definition) is 1. The number of ether oxygens (including phenoxy) is 2. The Bertz CT molecular complexity index is 416. The fraction of sp³-hybridized carbons (Fsp3) is 0.500. The Balaban J connectivity index is 2.58. The van der Waals surface area contributed by atoms with Gasteiger partial charge in [-0.15, -0.1) is 0 Å². The van der Waals surface area contributed by atoms with E-state index in [4.69, 9.17) is 4.74 Å². The Morgan fingerprint density at radius 2 is 2.00 bits per heavy atom. The van der Waals surface area contributed by atoms with E-state index in [-0.39, 0.29) is 5.97 Å². The molecule has 0 aromatic heterocycles. The van der Waals surface area contributed by atoms with E-state index < -0.39 is 0 Å². The van der Waals surface area contributed by atoms with Crippen molar-refractivity contribution in [2.45, 2.75) is 26.7 Å². The molecule has 1 rings (SSSR count). The minimum Gasteiger partial charge on any atom is -0.494 e. The molecule has 18 heavy (non-hydrogen) atoms. The van der Waals surface area contributed by atoms with Gasteiger partial charge in [-0.25, -0.2) is 0 Å². The van der Waals surface area contributed by atoms with Gasteiger partial charge in [0.2, 0.25) is 0 Å². The number of anilines is 1. The SMILES string of the molecule is COC(=O)CCCNc1cc(C)cc(C)c1OC. The van der Waals surface area contributed by atoms with Gasteiger partial charge in [0.05, 0.1) is 19.9 Å². The number of esters is 1. The fourth-order valence-electron chi connectivity index (χ4n) is 1.91. The first-order chi connectivity index (χ1) is 8.58. The number of hydrogen-bond acceptors (Lipinski definition) is 4. The molecule has 0 atom stereocenters. The molecule has 1 aromatic carbocycles. The van der Waals surface area contributed by atoms with Crippen molar-refractivity contribution < 1.29 is 14.3 Å². The molecule has 0 saturated carbocycles. The second-order valence-electron chi connectivity index (χ2n) is 4.27. The zero-order valence-corrected chi connectivity index (χ0v) is 11.5. The summed E-state index contributed by atoms with van der Waals surface area (Å²) in [5.41, 5.74) is 3.26. The van der Waals surface area contributed by atoms with Crippen LogP contribution in [0.2, 0.25) is 0 Å². The standard InChI is InChI=1S/C14H21NO3/c1-10-8-11(2)14(18-4)12(9-10)15-7-5-6-13(16)17-3/h8-9,15H,5-7H2,1-4H3. The molecule has 0 radical (unpaired) electrons. The summed E-state index contributed by atoms with van der Waals surface area (Å²) in [4.78, 5) is 11.0. The minimum atomic E-state index is -0.177. The molecule has 0 aliphatic carbocycles.